The summed E-state index contributed by atoms with van der Waals surface area (Å²) in [6, 6.07) is 3.58. The lowest BCUT2D eigenvalue weighted by molar-refractivity contribution is -0.122. The molecule has 0 radical (unpaired) electrons. The average Bonchev–Trinajstić information content (AvgIpc) is 2.37. The van der Waals surface area contributed by atoms with Crippen molar-refractivity contribution in [1.29, 1.82) is 0 Å². The smallest absolute Gasteiger partial charge is 0.224 e. The Hall–Kier alpha value is -1.66. The maximum atomic E-state index is 13.1. The van der Waals surface area contributed by atoms with Gasteiger partial charge in [0.05, 0.1) is 18.6 Å². The number of aliphatic hydroxyl groups is 1. The molecule has 1 aliphatic rings. The second-order valence-electron chi connectivity index (χ2n) is 4.70. The predicted molar refractivity (Wildman–Crippen MR) is 67.2 cm³/mol. The molecular formula is C13H17FN2O3. The van der Waals surface area contributed by atoms with E-state index in [1.54, 1.807) is 0 Å². The number of phenolic OH excluding ortho intramolecular Hbond substituents is 1. The summed E-state index contributed by atoms with van der Waals surface area (Å²) in [7, 11) is 0. The molecule has 1 aromatic rings. The normalized spacial score (nSPS) is 23.1. The highest BCUT2D eigenvalue weighted by Crippen LogP contribution is 2.16. The van der Waals surface area contributed by atoms with E-state index in [9.17, 15) is 14.3 Å². The van der Waals surface area contributed by atoms with Gasteiger partial charge in [-0.2, -0.15) is 0 Å². The van der Waals surface area contributed by atoms with E-state index in [2.05, 4.69) is 10.6 Å². The van der Waals surface area contributed by atoms with Gasteiger partial charge in [0.2, 0.25) is 5.91 Å². The Morgan fingerprint density at radius 2 is 2.32 bits per heavy atom. The fourth-order valence-electron chi connectivity index (χ4n) is 2.11. The van der Waals surface area contributed by atoms with Crippen LogP contribution in [0.15, 0.2) is 18.2 Å². The summed E-state index contributed by atoms with van der Waals surface area (Å²) in [5.74, 6) is -1.44. The summed E-state index contributed by atoms with van der Waals surface area (Å²) in [6.07, 6.45) is 0.0827. The lowest BCUT2D eigenvalue weighted by Crippen LogP contribution is -2.52. The van der Waals surface area contributed by atoms with Crippen molar-refractivity contribution < 1.29 is 19.4 Å². The predicted octanol–water partition coefficient (Wildman–Crippen LogP) is -0.0872. The summed E-state index contributed by atoms with van der Waals surface area (Å²) < 4.78 is 13.1. The molecule has 0 spiro atoms. The van der Waals surface area contributed by atoms with Gasteiger partial charge in [-0.05, 0) is 30.7 Å². The summed E-state index contributed by atoms with van der Waals surface area (Å²) in [4.78, 5) is 11.8. The molecule has 0 saturated carbocycles. The van der Waals surface area contributed by atoms with E-state index in [0.29, 0.717) is 18.5 Å². The van der Waals surface area contributed by atoms with Gasteiger partial charge in [-0.3, -0.25) is 4.79 Å². The number of benzene rings is 1. The average molecular weight is 268 g/mol. The minimum absolute atomic E-state index is 0.0217. The van der Waals surface area contributed by atoms with Crippen molar-refractivity contribution in [2.45, 2.75) is 25.0 Å². The van der Waals surface area contributed by atoms with E-state index in [1.165, 1.54) is 12.1 Å². The van der Waals surface area contributed by atoms with Crippen LogP contribution in [0.25, 0.3) is 0 Å². The molecule has 0 aliphatic carbocycles. The third kappa shape index (κ3) is 3.65. The molecule has 0 aromatic heterocycles. The minimum atomic E-state index is -0.743. The molecule has 1 aliphatic heterocycles. The first-order valence-corrected chi connectivity index (χ1v) is 6.22. The van der Waals surface area contributed by atoms with Crippen molar-refractivity contribution in [1.82, 2.24) is 10.6 Å². The molecule has 6 heteroatoms. The maximum absolute atomic E-state index is 13.1. The number of carbonyl (C=O) groups is 1. The van der Waals surface area contributed by atoms with E-state index in [4.69, 9.17) is 5.11 Å². The Bertz CT molecular complexity index is 467. The Labute approximate surface area is 110 Å². The Balaban J connectivity index is 1.91. The van der Waals surface area contributed by atoms with Crippen LogP contribution in [0.5, 0.6) is 5.75 Å². The van der Waals surface area contributed by atoms with Crippen LogP contribution in [0.4, 0.5) is 4.39 Å². The minimum Gasteiger partial charge on any atom is -0.505 e. The second-order valence-corrected chi connectivity index (χ2v) is 4.70. The number of aromatic hydroxyl groups is 1. The van der Waals surface area contributed by atoms with Gasteiger partial charge in [0, 0.05) is 6.54 Å². The van der Waals surface area contributed by atoms with Crippen molar-refractivity contribution in [2.75, 3.05) is 13.1 Å². The SMILES string of the molecule is O=C(Cc1ccc(O)c(F)c1)N[C@@H]1CCNC[C@H]1O. The van der Waals surface area contributed by atoms with Gasteiger partial charge < -0.3 is 20.8 Å². The molecule has 0 unspecified atom stereocenters. The molecular weight excluding hydrogens is 251 g/mol. The second kappa shape index (κ2) is 5.99. The summed E-state index contributed by atoms with van der Waals surface area (Å²) in [5, 5.41) is 24.5. The van der Waals surface area contributed by atoms with Gasteiger partial charge in [-0.15, -0.1) is 0 Å². The first-order valence-electron chi connectivity index (χ1n) is 6.22. The standard InChI is InChI=1S/C13H17FN2O3/c14-9-5-8(1-2-11(9)17)6-13(19)16-10-3-4-15-7-12(10)18/h1-2,5,10,12,15,17-18H,3-4,6-7H2,(H,16,19)/t10-,12-/m1/s1. The third-order valence-corrected chi connectivity index (χ3v) is 3.17. The lowest BCUT2D eigenvalue weighted by atomic mass is 10.0. The fourth-order valence-corrected chi connectivity index (χ4v) is 2.11. The fraction of sp³-hybridized carbons (Fsp3) is 0.462. The van der Waals surface area contributed by atoms with Crippen molar-refractivity contribution in [3.63, 3.8) is 0 Å². The van der Waals surface area contributed by atoms with E-state index in [1.807, 2.05) is 0 Å². The van der Waals surface area contributed by atoms with Crippen LogP contribution in [0.3, 0.4) is 0 Å². The number of piperidine rings is 1. The molecule has 0 bridgehead atoms. The van der Waals surface area contributed by atoms with Gasteiger partial charge in [-0.1, -0.05) is 6.07 Å². The molecule has 2 atom stereocenters. The molecule has 1 saturated heterocycles. The molecule has 19 heavy (non-hydrogen) atoms. The monoisotopic (exact) mass is 268 g/mol. The molecule has 1 heterocycles. The van der Waals surface area contributed by atoms with Crippen LogP contribution >= 0.6 is 0 Å². The molecule has 5 nitrogen and oxygen atoms in total. The highest BCUT2D eigenvalue weighted by molar-refractivity contribution is 5.79. The van der Waals surface area contributed by atoms with Crippen LogP contribution in [0.2, 0.25) is 0 Å². The highest BCUT2D eigenvalue weighted by Gasteiger charge is 2.24. The van der Waals surface area contributed by atoms with Crippen LogP contribution in [-0.4, -0.2) is 41.4 Å². The molecule has 4 N–H and O–H groups in total. The Morgan fingerprint density at radius 1 is 1.53 bits per heavy atom. The number of hydrogen-bond acceptors (Lipinski definition) is 4. The topological polar surface area (TPSA) is 81.6 Å². The summed E-state index contributed by atoms with van der Waals surface area (Å²) in [6.45, 7) is 1.20. The van der Waals surface area contributed by atoms with Crippen molar-refractivity contribution in [2.24, 2.45) is 0 Å². The number of carbonyl (C=O) groups excluding carboxylic acids is 1. The number of aliphatic hydroxyl groups excluding tert-OH is 1. The molecule has 1 aromatic carbocycles. The quantitative estimate of drug-likeness (QED) is 0.618. The van der Waals surface area contributed by atoms with Gasteiger partial charge in [0.25, 0.3) is 0 Å². The van der Waals surface area contributed by atoms with Crippen LogP contribution in [-0.2, 0) is 11.2 Å². The number of rotatable bonds is 3. The molecule has 104 valence electrons. The van der Waals surface area contributed by atoms with Gasteiger partial charge in [0.15, 0.2) is 11.6 Å². The first-order chi connectivity index (χ1) is 9.06. The summed E-state index contributed by atoms with van der Waals surface area (Å²) >= 11 is 0. The third-order valence-electron chi connectivity index (χ3n) is 3.17. The van der Waals surface area contributed by atoms with Crippen molar-refractivity contribution >= 4 is 5.91 Å². The maximum Gasteiger partial charge on any atom is 0.224 e. The van der Waals surface area contributed by atoms with Crippen LogP contribution in [0, 0.1) is 5.82 Å². The number of halogens is 1. The number of amides is 1. The summed E-state index contributed by atoms with van der Waals surface area (Å²) in [5.41, 5.74) is 0.483. The van der Waals surface area contributed by atoms with E-state index < -0.39 is 17.7 Å². The first kappa shape index (κ1) is 13.8. The number of phenols is 1. The van der Waals surface area contributed by atoms with E-state index in [0.717, 1.165) is 12.6 Å². The van der Waals surface area contributed by atoms with Crippen LogP contribution < -0.4 is 10.6 Å². The largest absolute Gasteiger partial charge is 0.505 e. The highest BCUT2D eigenvalue weighted by atomic mass is 19.1. The zero-order valence-corrected chi connectivity index (χ0v) is 10.4. The molecule has 1 amide bonds. The number of hydrogen-bond donors (Lipinski definition) is 4. The van der Waals surface area contributed by atoms with Crippen LogP contribution in [0.1, 0.15) is 12.0 Å². The van der Waals surface area contributed by atoms with Gasteiger partial charge >= 0.3 is 0 Å². The number of nitrogens with one attached hydrogen (secondary N) is 2. The zero-order chi connectivity index (χ0) is 13.8. The zero-order valence-electron chi connectivity index (χ0n) is 10.4. The Morgan fingerprint density at radius 3 is 3.00 bits per heavy atom. The molecule has 1 fully saturated rings. The van der Waals surface area contributed by atoms with E-state index >= 15 is 0 Å². The lowest BCUT2D eigenvalue weighted by Gasteiger charge is -2.29. The van der Waals surface area contributed by atoms with Gasteiger partial charge in [-0.25, -0.2) is 4.39 Å². The molecule has 2 rings (SSSR count). The van der Waals surface area contributed by atoms with Gasteiger partial charge in [0.1, 0.15) is 0 Å². The van der Waals surface area contributed by atoms with Crippen molar-refractivity contribution in [3.8, 4) is 5.75 Å². The van der Waals surface area contributed by atoms with E-state index in [-0.39, 0.29) is 18.4 Å². The Kier molecular flexibility index (Phi) is 4.34. The number of β-amino-alcohol motifs (C(OH)–C–C–N with tert-alkyl or cyclic N) is 1. The van der Waals surface area contributed by atoms with Crippen molar-refractivity contribution in [3.05, 3.63) is 29.6 Å².